The molecule has 1 aliphatic carbocycles. The van der Waals surface area contributed by atoms with Gasteiger partial charge in [0.1, 0.15) is 24.3 Å². The van der Waals surface area contributed by atoms with Gasteiger partial charge in [-0.1, -0.05) is 12.1 Å². The highest BCUT2D eigenvalue weighted by atomic mass is 16.6. The molecule has 8 nitrogen and oxygen atoms in total. The first kappa shape index (κ1) is 22.5. The minimum atomic E-state index is -0.490. The molecule has 8 heteroatoms. The van der Waals surface area contributed by atoms with E-state index in [1.165, 1.54) is 6.42 Å². The van der Waals surface area contributed by atoms with Crippen LogP contribution in [-0.4, -0.2) is 26.7 Å². The number of aromatic nitrogens is 3. The lowest BCUT2D eigenvalue weighted by molar-refractivity contribution is 0.130. The first-order valence-electron chi connectivity index (χ1n) is 11.8. The summed E-state index contributed by atoms with van der Waals surface area (Å²) in [6.07, 6.45) is 6.09. The molecule has 1 fully saturated rings. The second kappa shape index (κ2) is 9.55. The van der Waals surface area contributed by atoms with E-state index in [4.69, 9.17) is 9.47 Å². The van der Waals surface area contributed by atoms with Crippen LogP contribution in [0.3, 0.4) is 0 Å². The normalized spacial score (nSPS) is 13.4. The van der Waals surface area contributed by atoms with E-state index in [2.05, 4.69) is 25.9 Å². The van der Waals surface area contributed by atoms with Crippen molar-refractivity contribution in [3.05, 3.63) is 66.2 Å². The quantitative estimate of drug-likeness (QED) is 0.337. The van der Waals surface area contributed by atoms with Crippen molar-refractivity contribution in [3.8, 4) is 23.1 Å². The molecule has 5 rings (SSSR count). The molecule has 0 aliphatic heterocycles. The standard InChI is InChI=1S/C27H27N5O3/c1-17(2)35-27(33)31-19-8-6-18(7-9-19)26-23(15-28)22-11-10-21(34-16-25-29-12-13-30-25)14-24(22)32(26)20-4-3-5-20/h6-14,17,20H,3-5,16H2,1-2H3,(H,29,30)(H,31,33). The molecule has 2 aromatic carbocycles. The Morgan fingerprint density at radius 3 is 2.69 bits per heavy atom. The number of carbonyl (C=O) groups is 1. The number of aromatic amines is 1. The zero-order chi connectivity index (χ0) is 24.4. The summed E-state index contributed by atoms with van der Waals surface area (Å²) in [5.74, 6) is 1.48. The van der Waals surface area contributed by atoms with E-state index < -0.39 is 6.09 Å². The van der Waals surface area contributed by atoms with Crippen molar-refractivity contribution in [2.75, 3.05) is 5.32 Å². The van der Waals surface area contributed by atoms with Crippen LogP contribution in [0.2, 0.25) is 0 Å². The van der Waals surface area contributed by atoms with Crippen LogP contribution in [0.1, 0.15) is 50.5 Å². The number of hydrogen-bond acceptors (Lipinski definition) is 5. The molecule has 1 aliphatic rings. The molecule has 1 amide bonds. The summed E-state index contributed by atoms with van der Waals surface area (Å²) in [6, 6.07) is 16.2. The van der Waals surface area contributed by atoms with Crippen molar-refractivity contribution >= 4 is 22.7 Å². The lowest BCUT2D eigenvalue weighted by atomic mass is 9.92. The molecule has 178 valence electrons. The van der Waals surface area contributed by atoms with E-state index in [0.29, 0.717) is 23.9 Å². The molecule has 0 unspecified atom stereocenters. The number of amides is 1. The Labute approximate surface area is 203 Å². The zero-order valence-corrected chi connectivity index (χ0v) is 19.7. The minimum absolute atomic E-state index is 0.196. The smallest absolute Gasteiger partial charge is 0.411 e. The van der Waals surface area contributed by atoms with Crippen molar-refractivity contribution in [1.29, 1.82) is 5.26 Å². The summed E-state index contributed by atoms with van der Waals surface area (Å²) in [4.78, 5) is 19.2. The van der Waals surface area contributed by atoms with Crippen molar-refractivity contribution in [1.82, 2.24) is 14.5 Å². The maximum absolute atomic E-state index is 11.9. The van der Waals surface area contributed by atoms with Gasteiger partial charge >= 0.3 is 6.09 Å². The minimum Gasteiger partial charge on any atom is -0.486 e. The number of nitrogens with one attached hydrogen (secondary N) is 2. The Morgan fingerprint density at radius 1 is 1.26 bits per heavy atom. The third kappa shape index (κ3) is 4.58. The zero-order valence-electron chi connectivity index (χ0n) is 19.7. The number of ether oxygens (including phenoxy) is 2. The fourth-order valence-corrected chi connectivity index (χ4v) is 4.40. The Kier molecular flexibility index (Phi) is 6.15. The van der Waals surface area contributed by atoms with Crippen LogP contribution in [0.5, 0.6) is 5.75 Å². The van der Waals surface area contributed by atoms with E-state index in [-0.39, 0.29) is 6.10 Å². The molecule has 4 aromatic rings. The molecule has 0 saturated heterocycles. The lowest BCUT2D eigenvalue weighted by Gasteiger charge is -2.30. The number of anilines is 1. The van der Waals surface area contributed by atoms with Crippen LogP contribution in [0.4, 0.5) is 10.5 Å². The molecule has 0 radical (unpaired) electrons. The number of rotatable bonds is 7. The maximum atomic E-state index is 11.9. The van der Waals surface area contributed by atoms with E-state index >= 15 is 0 Å². The number of nitriles is 1. The third-order valence-corrected chi connectivity index (χ3v) is 6.21. The van der Waals surface area contributed by atoms with Gasteiger partial charge < -0.3 is 19.0 Å². The summed E-state index contributed by atoms with van der Waals surface area (Å²) < 4.78 is 13.4. The summed E-state index contributed by atoms with van der Waals surface area (Å²) in [7, 11) is 0. The average Bonchev–Trinajstić information content (AvgIpc) is 3.43. The second-order valence-electron chi connectivity index (χ2n) is 8.95. The summed E-state index contributed by atoms with van der Waals surface area (Å²) in [5.41, 5.74) is 4.08. The van der Waals surface area contributed by atoms with Gasteiger partial charge in [0.2, 0.25) is 0 Å². The van der Waals surface area contributed by atoms with E-state index in [9.17, 15) is 10.1 Å². The number of fused-ring (bicyclic) bond motifs is 1. The molecule has 35 heavy (non-hydrogen) atoms. The van der Waals surface area contributed by atoms with Gasteiger partial charge in [0.15, 0.2) is 0 Å². The van der Waals surface area contributed by atoms with E-state index in [1.54, 1.807) is 26.2 Å². The molecule has 1 saturated carbocycles. The van der Waals surface area contributed by atoms with Gasteiger partial charge in [-0.2, -0.15) is 5.26 Å². The molecular weight excluding hydrogens is 442 g/mol. The van der Waals surface area contributed by atoms with Crippen LogP contribution in [-0.2, 0) is 11.3 Å². The summed E-state index contributed by atoms with van der Waals surface area (Å²) in [5, 5.41) is 13.8. The highest BCUT2D eigenvalue weighted by Gasteiger charge is 2.28. The highest BCUT2D eigenvalue weighted by molar-refractivity contribution is 5.96. The lowest BCUT2D eigenvalue weighted by Crippen LogP contribution is -2.18. The molecule has 2 N–H and O–H groups in total. The maximum Gasteiger partial charge on any atom is 0.411 e. The van der Waals surface area contributed by atoms with E-state index in [1.807, 2.05) is 42.5 Å². The van der Waals surface area contributed by atoms with Crippen LogP contribution in [0.15, 0.2) is 54.9 Å². The van der Waals surface area contributed by atoms with Crippen molar-refractivity contribution in [2.45, 2.75) is 51.9 Å². The number of H-pyrrole nitrogens is 1. The van der Waals surface area contributed by atoms with Crippen molar-refractivity contribution in [2.24, 2.45) is 0 Å². The second-order valence-corrected chi connectivity index (χ2v) is 8.95. The first-order chi connectivity index (χ1) is 17.0. The Hall–Kier alpha value is -4.25. The van der Waals surface area contributed by atoms with Crippen molar-refractivity contribution in [3.63, 3.8) is 0 Å². The molecule has 2 heterocycles. The summed E-state index contributed by atoms with van der Waals surface area (Å²) >= 11 is 0. The topological polar surface area (TPSA) is 105 Å². The van der Waals surface area contributed by atoms with Crippen LogP contribution in [0, 0.1) is 11.3 Å². The molecular formula is C27H27N5O3. The number of imidazole rings is 1. The van der Waals surface area contributed by atoms with Crippen LogP contribution >= 0.6 is 0 Å². The monoisotopic (exact) mass is 469 g/mol. The van der Waals surface area contributed by atoms with Gasteiger partial charge in [0.05, 0.1) is 22.9 Å². The van der Waals surface area contributed by atoms with Crippen molar-refractivity contribution < 1.29 is 14.3 Å². The number of carbonyl (C=O) groups excluding carboxylic acids is 1. The van der Waals surface area contributed by atoms with Gasteiger partial charge in [0.25, 0.3) is 0 Å². The van der Waals surface area contributed by atoms with Crippen LogP contribution in [0.25, 0.3) is 22.2 Å². The summed E-state index contributed by atoms with van der Waals surface area (Å²) in [6.45, 7) is 3.95. The van der Waals surface area contributed by atoms with Gasteiger partial charge in [-0.3, -0.25) is 5.32 Å². The number of hydrogen-bond donors (Lipinski definition) is 2. The fraction of sp³-hybridized carbons (Fsp3) is 0.296. The molecule has 0 atom stereocenters. The Morgan fingerprint density at radius 2 is 2.06 bits per heavy atom. The van der Waals surface area contributed by atoms with Crippen LogP contribution < -0.4 is 10.1 Å². The predicted octanol–water partition coefficient (Wildman–Crippen LogP) is 6.16. The predicted molar refractivity (Wildman–Crippen MR) is 133 cm³/mol. The molecule has 0 spiro atoms. The third-order valence-electron chi connectivity index (χ3n) is 6.21. The van der Waals surface area contributed by atoms with E-state index in [0.717, 1.165) is 46.6 Å². The Bertz CT molecular complexity index is 1380. The average molecular weight is 470 g/mol. The van der Waals surface area contributed by atoms with Gasteiger partial charge in [0, 0.05) is 35.6 Å². The van der Waals surface area contributed by atoms with Gasteiger partial charge in [-0.05, 0) is 62.9 Å². The highest BCUT2D eigenvalue weighted by Crippen LogP contribution is 2.43. The number of nitrogens with zero attached hydrogens (tertiary/aromatic N) is 3. The first-order valence-corrected chi connectivity index (χ1v) is 11.8. The Balaban J connectivity index is 1.51. The molecule has 2 aromatic heterocycles. The largest absolute Gasteiger partial charge is 0.486 e. The SMILES string of the molecule is CC(C)OC(=O)Nc1ccc(-c2c(C#N)c3ccc(OCc4ncc[nH]4)cc3n2C2CCC2)cc1. The number of benzene rings is 2. The molecule has 0 bridgehead atoms. The van der Waals surface area contributed by atoms with Gasteiger partial charge in [-0.15, -0.1) is 0 Å². The fourth-order valence-electron chi connectivity index (χ4n) is 4.40. The van der Waals surface area contributed by atoms with Gasteiger partial charge in [-0.25, -0.2) is 9.78 Å².